The maximum Gasteiger partial charge on any atom is 0.312 e. The average Bonchev–Trinajstić information content (AvgIpc) is 3.08. The molecule has 0 fully saturated rings. The number of carbonyl (C=O) groups is 1. The molecule has 2 aromatic carbocycles. The van der Waals surface area contributed by atoms with Gasteiger partial charge in [-0.1, -0.05) is 21.1 Å². The lowest BCUT2D eigenvalue weighted by molar-refractivity contribution is -0.386. The minimum Gasteiger partial charge on any atom is -0.508 e. The van der Waals surface area contributed by atoms with Gasteiger partial charge in [0, 0.05) is 16.1 Å². The summed E-state index contributed by atoms with van der Waals surface area (Å²) in [5, 5.41) is 28.1. The first-order chi connectivity index (χ1) is 12.9. The molecule has 0 atom stereocenters. The second-order valence-electron chi connectivity index (χ2n) is 5.54. The number of halogens is 1. The Labute approximate surface area is 161 Å². The summed E-state index contributed by atoms with van der Waals surface area (Å²) in [6, 6.07) is 10.4. The molecule has 0 unspecified atom stereocenters. The van der Waals surface area contributed by atoms with Crippen molar-refractivity contribution in [3.8, 4) is 11.5 Å². The van der Waals surface area contributed by atoms with E-state index in [1.54, 1.807) is 6.07 Å². The molecule has 0 radical (unpaired) electrons. The van der Waals surface area contributed by atoms with E-state index in [4.69, 9.17) is 4.74 Å². The SMILES string of the molecule is O=C(Cn1cc(COc2ccc(Br)cc2[N+](=O)[O-])nn1)c1ccc(O)cc1. The number of nitro groups is 1. The van der Waals surface area contributed by atoms with Crippen LogP contribution in [0.5, 0.6) is 11.5 Å². The van der Waals surface area contributed by atoms with Gasteiger partial charge in [0.25, 0.3) is 0 Å². The quantitative estimate of drug-likeness (QED) is 0.345. The van der Waals surface area contributed by atoms with Crippen molar-refractivity contribution in [2.45, 2.75) is 13.2 Å². The molecular weight excluding hydrogens is 420 g/mol. The molecule has 9 nitrogen and oxygen atoms in total. The Kier molecular flexibility index (Phi) is 5.46. The van der Waals surface area contributed by atoms with Crippen LogP contribution in [0.15, 0.2) is 53.1 Å². The lowest BCUT2D eigenvalue weighted by atomic mass is 10.1. The standard InChI is InChI=1S/C17H13BrN4O5/c18-12-3-6-17(15(7-12)22(25)26)27-10-13-8-21(20-19-13)9-16(24)11-1-4-14(23)5-2-11/h1-8,23H,9-10H2. The summed E-state index contributed by atoms with van der Waals surface area (Å²) >= 11 is 3.18. The van der Waals surface area contributed by atoms with Crippen LogP contribution in [0.3, 0.4) is 0 Å². The van der Waals surface area contributed by atoms with Gasteiger partial charge >= 0.3 is 5.69 Å². The summed E-state index contributed by atoms with van der Waals surface area (Å²) in [5.41, 5.74) is 0.691. The highest BCUT2D eigenvalue weighted by molar-refractivity contribution is 9.10. The van der Waals surface area contributed by atoms with Crippen LogP contribution in [0.4, 0.5) is 5.69 Å². The highest BCUT2D eigenvalue weighted by atomic mass is 79.9. The first-order valence-corrected chi connectivity index (χ1v) is 8.49. The van der Waals surface area contributed by atoms with E-state index >= 15 is 0 Å². The molecule has 3 aromatic rings. The Bertz CT molecular complexity index is 987. The third-order valence-corrected chi connectivity index (χ3v) is 4.07. The molecule has 0 spiro atoms. The van der Waals surface area contributed by atoms with Gasteiger partial charge in [-0.25, -0.2) is 4.68 Å². The van der Waals surface area contributed by atoms with Gasteiger partial charge in [-0.15, -0.1) is 5.10 Å². The van der Waals surface area contributed by atoms with Crippen LogP contribution in [0.25, 0.3) is 0 Å². The number of hydrogen-bond donors (Lipinski definition) is 1. The summed E-state index contributed by atoms with van der Waals surface area (Å²) in [5.74, 6) is -0.0115. The van der Waals surface area contributed by atoms with Crippen LogP contribution < -0.4 is 4.74 Å². The zero-order valence-electron chi connectivity index (χ0n) is 13.8. The van der Waals surface area contributed by atoms with E-state index in [0.717, 1.165) is 0 Å². The zero-order chi connectivity index (χ0) is 19.4. The lowest BCUT2D eigenvalue weighted by Gasteiger charge is -2.05. The summed E-state index contributed by atoms with van der Waals surface area (Å²) in [6.07, 6.45) is 1.53. The summed E-state index contributed by atoms with van der Waals surface area (Å²) in [6.45, 7) is -0.0634. The third-order valence-electron chi connectivity index (χ3n) is 3.57. The van der Waals surface area contributed by atoms with Gasteiger partial charge in [-0.05, 0) is 36.4 Å². The van der Waals surface area contributed by atoms with Crippen LogP contribution in [0.2, 0.25) is 0 Å². The van der Waals surface area contributed by atoms with Crippen LogP contribution >= 0.6 is 15.9 Å². The minimum absolute atomic E-state index is 0.0315. The van der Waals surface area contributed by atoms with Crippen LogP contribution in [0, 0.1) is 10.1 Å². The number of phenols is 1. The van der Waals surface area contributed by atoms with Crippen LogP contribution in [-0.4, -0.2) is 30.8 Å². The molecule has 1 aromatic heterocycles. The molecule has 0 bridgehead atoms. The largest absolute Gasteiger partial charge is 0.508 e. The predicted octanol–water partition coefficient (Wildman–Crippen LogP) is 3.12. The van der Waals surface area contributed by atoms with Crippen molar-refractivity contribution in [1.29, 1.82) is 0 Å². The number of nitro benzene ring substituents is 1. The van der Waals surface area contributed by atoms with E-state index in [9.17, 15) is 20.0 Å². The van der Waals surface area contributed by atoms with Crippen LogP contribution in [-0.2, 0) is 13.2 Å². The van der Waals surface area contributed by atoms with E-state index in [-0.39, 0.29) is 36.1 Å². The number of aromatic nitrogens is 3. The molecule has 1 heterocycles. The van der Waals surface area contributed by atoms with Gasteiger partial charge in [0.15, 0.2) is 11.5 Å². The summed E-state index contributed by atoms with van der Waals surface area (Å²) in [7, 11) is 0. The van der Waals surface area contributed by atoms with E-state index in [0.29, 0.717) is 15.7 Å². The van der Waals surface area contributed by atoms with E-state index in [1.165, 1.54) is 47.3 Å². The number of carbonyl (C=O) groups excluding carboxylic acids is 1. The fourth-order valence-electron chi connectivity index (χ4n) is 2.27. The van der Waals surface area contributed by atoms with Crippen molar-refractivity contribution in [3.63, 3.8) is 0 Å². The monoisotopic (exact) mass is 432 g/mol. The third kappa shape index (κ3) is 4.67. The van der Waals surface area contributed by atoms with Crippen molar-refractivity contribution in [3.05, 3.63) is 74.5 Å². The van der Waals surface area contributed by atoms with Crippen molar-refractivity contribution in [1.82, 2.24) is 15.0 Å². The molecule has 3 rings (SSSR count). The molecule has 0 aliphatic carbocycles. The Morgan fingerprint density at radius 3 is 2.70 bits per heavy atom. The number of hydrogen-bond acceptors (Lipinski definition) is 7. The number of ether oxygens (including phenoxy) is 1. The Balaban J connectivity index is 1.64. The number of phenolic OH excluding ortho intramolecular Hbond substituents is 1. The number of nitrogens with zero attached hydrogens (tertiary/aromatic N) is 4. The van der Waals surface area contributed by atoms with Gasteiger partial charge in [0.2, 0.25) is 0 Å². The first kappa shape index (κ1) is 18.5. The maximum absolute atomic E-state index is 12.2. The van der Waals surface area contributed by atoms with Gasteiger partial charge in [0.1, 0.15) is 24.6 Å². The molecule has 138 valence electrons. The molecule has 1 N–H and O–H groups in total. The van der Waals surface area contributed by atoms with E-state index in [2.05, 4.69) is 26.2 Å². The maximum atomic E-state index is 12.2. The second kappa shape index (κ2) is 7.96. The Morgan fingerprint density at radius 2 is 2.00 bits per heavy atom. The number of benzene rings is 2. The van der Waals surface area contributed by atoms with Gasteiger partial charge in [-0.2, -0.15) is 0 Å². The van der Waals surface area contributed by atoms with Crippen molar-refractivity contribution >= 4 is 27.4 Å². The summed E-state index contributed by atoms with van der Waals surface area (Å²) < 4.78 is 7.39. The molecule has 0 saturated heterocycles. The number of ketones is 1. The fourth-order valence-corrected chi connectivity index (χ4v) is 2.62. The smallest absolute Gasteiger partial charge is 0.312 e. The molecular formula is C17H13BrN4O5. The fraction of sp³-hybridized carbons (Fsp3) is 0.118. The van der Waals surface area contributed by atoms with Gasteiger partial charge in [0.05, 0.1) is 11.1 Å². The van der Waals surface area contributed by atoms with Crippen molar-refractivity contribution < 1.29 is 19.6 Å². The topological polar surface area (TPSA) is 120 Å². The zero-order valence-corrected chi connectivity index (χ0v) is 15.4. The number of aromatic hydroxyl groups is 1. The van der Waals surface area contributed by atoms with Crippen molar-refractivity contribution in [2.24, 2.45) is 0 Å². The second-order valence-corrected chi connectivity index (χ2v) is 6.45. The lowest BCUT2D eigenvalue weighted by Crippen LogP contribution is -2.10. The molecule has 10 heteroatoms. The summed E-state index contributed by atoms with van der Waals surface area (Å²) in [4.78, 5) is 22.7. The van der Waals surface area contributed by atoms with Crippen molar-refractivity contribution in [2.75, 3.05) is 0 Å². The molecule has 0 aliphatic rings. The highest BCUT2D eigenvalue weighted by Crippen LogP contribution is 2.30. The highest BCUT2D eigenvalue weighted by Gasteiger charge is 2.16. The normalized spacial score (nSPS) is 10.6. The Hall–Kier alpha value is -3.27. The Morgan fingerprint density at radius 1 is 1.26 bits per heavy atom. The number of Topliss-reactive ketones (excluding diaryl/α,β-unsaturated/α-hetero) is 1. The molecule has 0 saturated carbocycles. The van der Waals surface area contributed by atoms with E-state index < -0.39 is 4.92 Å². The first-order valence-electron chi connectivity index (χ1n) is 7.70. The van der Waals surface area contributed by atoms with Gasteiger partial charge < -0.3 is 9.84 Å². The molecule has 27 heavy (non-hydrogen) atoms. The minimum atomic E-state index is -0.534. The number of rotatable bonds is 7. The van der Waals surface area contributed by atoms with E-state index in [1.807, 2.05) is 0 Å². The molecule has 0 amide bonds. The molecule has 0 aliphatic heterocycles. The predicted molar refractivity (Wildman–Crippen MR) is 97.6 cm³/mol. The average molecular weight is 433 g/mol. The van der Waals surface area contributed by atoms with Crippen LogP contribution in [0.1, 0.15) is 16.1 Å². The van der Waals surface area contributed by atoms with Gasteiger partial charge in [-0.3, -0.25) is 14.9 Å².